The maximum Gasteiger partial charge on any atom is 0.322 e. The number of carbonyl (C=O) groups is 1. The van der Waals surface area contributed by atoms with Gasteiger partial charge in [0.1, 0.15) is 12.1 Å². The quantitative estimate of drug-likeness (QED) is 0.725. The molecule has 0 aromatic heterocycles. The van der Waals surface area contributed by atoms with Crippen LogP contribution in [0.2, 0.25) is 0 Å². The Morgan fingerprint density at radius 1 is 1.36 bits per heavy atom. The fraction of sp³-hybridized carbons (Fsp3) is 0.900. The number of hydrogen-bond acceptors (Lipinski definition) is 3. The van der Waals surface area contributed by atoms with E-state index in [0.29, 0.717) is 0 Å². The Bertz CT molecular complexity index is 177. The van der Waals surface area contributed by atoms with E-state index in [2.05, 4.69) is 6.92 Å². The van der Waals surface area contributed by atoms with E-state index >= 15 is 0 Å². The predicted molar refractivity (Wildman–Crippen MR) is 58.4 cm³/mol. The van der Waals surface area contributed by atoms with E-state index < -0.39 is 6.04 Å². The van der Waals surface area contributed by atoms with E-state index in [4.69, 9.17) is 10.5 Å². The molecule has 4 heteroatoms. The van der Waals surface area contributed by atoms with Crippen LogP contribution in [-0.4, -0.2) is 18.1 Å². The van der Waals surface area contributed by atoms with Gasteiger partial charge in [-0.3, -0.25) is 4.79 Å². The van der Waals surface area contributed by atoms with Gasteiger partial charge in [-0.25, -0.2) is 0 Å². The molecule has 2 N–H and O–H groups in total. The molecular formula is C10H20ClNO2. The summed E-state index contributed by atoms with van der Waals surface area (Å²) in [5.74, 6) is 0.518. The fourth-order valence-corrected chi connectivity index (χ4v) is 1.62. The summed E-state index contributed by atoms with van der Waals surface area (Å²) in [6, 6.07) is -0.487. The van der Waals surface area contributed by atoms with Crippen molar-refractivity contribution in [2.45, 2.75) is 51.7 Å². The first kappa shape index (κ1) is 13.7. The Hall–Kier alpha value is -0.280. The molecule has 0 radical (unpaired) electrons. The van der Waals surface area contributed by atoms with Crippen LogP contribution in [0, 0.1) is 5.92 Å². The van der Waals surface area contributed by atoms with Gasteiger partial charge in [-0.1, -0.05) is 6.92 Å². The monoisotopic (exact) mass is 221 g/mol. The van der Waals surface area contributed by atoms with E-state index in [1.165, 1.54) is 0 Å². The SMILES string of the molecule is CC1CCC(OC(=O)[C@H](C)N)CC1.Cl. The second-order valence-corrected chi connectivity index (χ2v) is 4.11. The number of nitrogens with two attached hydrogens (primary N) is 1. The van der Waals surface area contributed by atoms with E-state index in [1.807, 2.05) is 0 Å². The molecule has 1 atom stereocenters. The molecule has 1 rings (SSSR count). The standard InChI is InChI=1S/C10H19NO2.ClH/c1-7-3-5-9(6-4-7)13-10(12)8(2)11;/h7-9H,3-6,11H2,1-2H3;1H/t7?,8-,9?;/m0./s1. The lowest BCUT2D eigenvalue weighted by Gasteiger charge is -2.26. The second kappa shape index (κ2) is 6.25. The van der Waals surface area contributed by atoms with E-state index in [0.717, 1.165) is 31.6 Å². The van der Waals surface area contributed by atoms with Crippen molar-refractivity contribution >= 4 is 18.4 Å². The van der Waals surface area contributed by atoms with Crippen molar-refractivity contribution in [1.82, 2.24) is 0 Å². The molecule has 0 heterocycles. The lowest BCUT2D eigenvalue weighted by atomic mass is 9.89. The molecule has 0 saturated heterocycles. The lowest BCUT2D eigenvalue weighted by Crippen LogP contribution is -2.33. The van der Waals surface area contributed by atoms with Crippen molar-refractivity contribution < 1.29 is 9.53 Å². The van der Waals surface area contributed by atoms with E-state index in [-0.39, 0.29) is 24.5 Å². The molecule has 0 spiro atoms. The van der Waals surface area contributed by atoms with Gasteiger partial charge in [0.05, 0.1) is 0 Å². The van der Waals surface area contributed by atoms with Crippen LogP contribution in [0.3, 0.4) is 0 Å². The normalized spacial score (nSPS) is 28.8. The van der Waals surface area contributed by atoms with Gasteiger partial charge in [-0.15, -0.1) is 12.4 Å². The third-order valence-electron chi connectivity index (χ3n) is 2.62. The first-order valence-electron chi connectivity index (χ1n) is 5.05. The Balaban J connectivity index is 0.00000169. The van der Waals surface area contributed by atoms with Crippen molar-refractivity contribution in [1.29, 1.82) is 0 Å². The van der Waals surface area contributed by atoms with Gasteiger partial charge in [-0.05, 0) is 38.5 Å². The first-order valence-corrected chi connectivity index (χ1v) is 5.05. The smallest absolute Gasteiger partial charge is 0.322 e. The third-order valence-corrected chi connectivity index (χ3v) is 2.62. The Labute approximate surface area is 91.8 Å². The van der Waals surface area contributed by atoms with Gasteiger partial charge in [0.25, 0.3) is 0 Å². The molecule has 1 aliphatic carbocycles. The number of halogens is 1. The molecule has 0 aliphatic heterocycles. The molecule has 84 valence electrons. The van der Waals surface area contributed by atoms with Gasteiger partial charge in [-0.2, -0.15) is 0 Å². The van der Waals surface area contributed by atoms with Gasteiger partial charge in [0.2, 0.25) is 0 Å². The average molecular weight is 222 g/mol. The zero-order valence-corrected chi connectivity index (χ0v) is 9.68. The van der Waals surface area contributed by atoms with Crippen LogP contribution < -0.4 is 5.73 Å². The van der Waals surface area contributed by atoms with Crippen LogP contribution >= 0.6 is 12.4 Å². The van der Waals surface area contributed by atoms with Crippen molar-refractivity contribution in [3.05, 3.63) is 0 Å². The number of rotatable bonds is 2. The number of carbonyl (C=O) groups excluding carboxylic acids is 1. The van der Waals surface area contributed by atoms with Gasteiger partial charge in [0, 0.05) is 0 Å². The molecule has 0 unspecified atom stereocenters. The molecule has 0 aromatic rings. The molecule has 0 bridgehead atoms. The van der Waals surface area contributed by atoms with Crippen LogP contribution in [0.25, 0.3) is 0 Å². The molecular weight excluding hydrogens is 202 g/mol. The predicted octanol–water partition coefficient (Wildman–Crippen LogP) is 1.88. The average Bonchev–Trinajstić information content (AvgIpc) is 2.08. The van der Waals surface area contributed by atoms with Crippen LogP contribution in [-0.2, 0) is 9.53 Å². The van der Waals surface area contributed by atoms with Crippen molar-refractivity contribution in [3.63, 3.8) is 0 Å². The van der Waals surface area contributed by atoms with Gasteiger partial charge < -0.3 is 10.5 Å². The summed E-state index contributed by atoms with van der Waals surface area (Å²) >= 11 is 0. The van der Waals surface area contributed by atoms with Crippen LogP contribution in [0.5, 0.6) is 0 Å². The molecule has 0 aromatic carbocycles. The van der Waals surface area contributed by atoms with E-state index in [1.54, 1.807) is 6.92 Å². The molecule has 14 heavy (non-hydrogen) atoms. The Morgan fingerprint density at radius 2 is 1.86 bits per heavy atom. The zero-order chi connectivity index (χ0) is 9.84. The molecule has 0 amide bonds. The highest BCUT2D eigenvalue weighted by molar-refractivity contribution is 5.85. The minimum absolute atomic E-state index is 0. The molecule has 1 saturated carbocycles. The second-order valence-electron chi connectivity index (χ2n) is 4.11. The largest absolute Gasteiger partial charge is 0.461 e. The lowest BCUT2D eigenvalue weighted by molar-refractivity contribution is -0.152. The third kappa shape index (κ3) is 4.29. The minimum Gasteiger partial charge on any atom is -0.461 e. The molecule has 1 aliphatic rings. The molecule has 3 nitrogen and oxygen atoms in total. The molecule has 1 fully saturated rings. The van der Waals surface area contributed by atoms with Crippen LogP contribution in [0.1, 0.15) is 39.5 Å². The maximum atomic E-state index is 11.1. The van der Waals surface area contributed by atoms with E-state index in [9.17, 15) is 4.79 Å². The summed E-state index contributed by atoms with van der Waals surface area (Å²) in [5, 5.41) is 0. The maximum absolute atomic E-state index is 11.1. The Kier molecular flexibility index (Phi) is 6.12. The fourth-order valence-electron chi connectivity index (χ4n) is 1.62. The number of esters is 1. The summed E-state index contributed by atoms with van der Waals surface area (Å²) in [4.78, 5) is 11.1. The highest BCUT2D eigenvalue weighted by Crippen LogP contribution is 2.25. The highest BCUT2D eigenvalue weighted by atomic mass is 35.5. The zero-order valence-electron chi connectivity index (χ0n) is 8.86. The van der Waals surface area contributed by atoms with Gasteiger partial charge >= 0.3 is 5.97 Å². The first-order chi connectivity index (χ1) is 6.09. The summed E-state index contributed by atoms with van der Waals surface area (Å²) in [5.41, 5.74) is 5.41. The van der Waals surface area contributed by atoms with Crippen molar-refractivity contribution in [2.75, 3.05) is 0 Å². The van der Waals surface area contributed by atoms with Crippen LogP contribution in [0.4, 0.5) is 0 Å². The van der Waals surface area contributed by atoms with Crippen molar-refractivity contribution in [3.8, 4) is 0 Å². The van der Waals surface area contributed by atoms with Gasteiger partial charge in [0.15, 0.2) is 0 Å². The highest BCUT2D eigenvalue weighted by Gasteiger charge is 2.22. The summed E-state index contributed by atoms with van der Waals surface area (Å²) in [6.45, 7) is 3.90. The Morgan fingerprint density at radius 3 is 2.29 bits per heavy atom. The van der Waals surface area contributed by atoms with Crippen molar-refractivity contribution in [2.24, 2.45) is 11.7 Å². The summed E-state index contributed by atoms with van der Waals surface area (Å²) < 4.78 is 5.24. The topological polar surface area (TPSA) is 52.3 Å². The summed E-state index contributed by atoms with van der Waals surface area (Å²) in [7, 11) is 0. The number of ether oxygens (including phenoxy) is 1. The minimum atomic E-state index is -0.487. The van der Waals surface area contributed by atoms with Crippen LogP contribution in [0.15, 0.2) is 0 Å². The number of hydrogen-bond donors (Lipinski definition) is 1. The summed E-state index contributed by atoms with van der Waals surface area (Å²) in [6.07, 6.45) is 4.45.